The average Bonchev–Trinajstić information content (AvgIpc) is 2.49. The molecule has 3 N–H and O–H groups in total. The van der Waals surface area contributed by atoms with Gasteiger partial charge >= 0.3 is 0 Å². The second-order valence-electron chi connectivity index (χ2n) is 5.36. The van der Waals surface area contributed by atoms with Crippen LogP contribution in [0.5, 0.6) is 0 Å². The third-order valence-corrected chi connectivity index (χ3v) is 3.70. The Morgan fingerprint density at radius 3 is 2.77 bits per heavy atom. The molecule has 0 spiro atoms. The molecular formula is C15H19F2N3O2. The molecule has 0 aliphatic carbocycles. The largest absolute Gasteiger partial charge is 0.350 e. The topological polar surface area (TPSA) is 70.2 Å². The first-order valence-corrected chi connectivity index (χ1v) is 7.17. The molecule has 2 rings (SSSR count). The average molecular weight is 311 g/mol. The predicted octanol–water partition coefficient (Wildman–Crippen LogP) is 0.663. The van der Waals surface area contributed by atoms with Crippen molar-refractivity contribution in [3.63, 3.8) is 0 Å². The molecule has 0 saturated carbocycles. The quantitative estimate of drug-likeness (QED) is 0.765. The summed E-state index contributed by atoms with van der Waals surface area (Å²) in [7, 11) is 0. The van der Waals surface area contributed by atoms with Crippen molar-refractivity contribution >= 4 is 11.8 Å². The first kappa shape index (κ1) is 16.4. The molecule has 2 atom stereocenters. The van der Waals surface area contributed by atoms with Gasteiger partial charge in [-0.1, -0.05) is 6.07 Å². The standard InChI is InChI=1S/C15H19F2N3O2/c1-9(21)19-8-15(22)20-14-7-18-5-4-11(14)10-2-3-12(16)13(17)6-10/h2-3,6,11,14,18H,4-5,7-8H2,1H3,(H,19,21)(H,20,22). The molecule has 1 aromatic carbocycles. The van der Waals surface area contributed by atoms with Gasteiger partial charge in [0.15, 0.2) is 11.6 Å². The maximum Gasteiger partial charge on any atom is 0.239 e. The summed E-state index contributed by atoms with van der Waals surface area (Å²) in [6.45, 7) is 2.51. The number of halogens is 2. The summed E-state index contributed by atoms with van der Waals surface area (Å²) in [5.41, 5.74) is 0.658. The van der Waals surface area contributed by atoms with Crippen LogP contribution in [0.25, 0.3) is 0 Å². The zero-order valence-corrected chi connectivity index (χ0v) is 12.3. The fraction of sp³-hybridized carbons (Fsp3) is 0.467. The number of carbonyl (C=O) groups excluding carboxylic acids is 2. The lowest BCUT2D eigenvalue weighted by Crippen LogP contribution is -2.52. The summed E-state index contributed by atoms with van der Waals surface area (Å²) in [5, 5.41) is 8.41. The molecule has 2 amide bonds. The maximum absolute atomic E-state index is 13.4. The Labute approximate surface area is 127 Å². The molecule has 1 fully saturated rings. The Morgan fingerprint density at radius 2 is 2.09 bits per heavy atom. The zero-order valence-electron chi connectivity index (χ0n) is 12.3. The van der Waals surface area contributed by atoms with Crippen LogP contribution >= 0.6 is 0 Å². The van der Waals surface area contributed by atoms with Crippen molar-refractivity contribution in [2.45, 2.75) is 25.3 Å². The molecule has 1 aliphatic heterocycles. The van der Waals surface area contributed by atoms with Crippen LogP contribution in [0.15, 0.2) is 18.2 Å². The second kappa shape index (κ2) is 7.31. The first-order chi connectivity index (χ1) is 10.5. The van der Waals surface area contributed by atoms with E-state index in [1.807, 2.05) is 0 Å². The molecule has 1 heterocycles. The number of hydrogen-bond acceptors (Lipinski definition) is 3. The molecule has 2 unspecified atom stereocenters. The smallest absolute Gasteiger partial charge is 0.239 e. The minimum atomic E-state index is -0.889. The monoisotopic (exact) mass is 311 g/mol. The number of amides is 2. The van der Waals surface area contributed by atoms with Crippen molar-refractivity contribution < 1.29 is 18.4 Å². The van der Waals surface area contributed by atoms with E-state index in [1.165, 1.54) is 13.0 Å². The summed E-state index contributed by atoms with van der Waals surface area (Å²) >= 11 is 0. The molecule has 120 valence electrons. The van der Waals surface area contributed by atoms with E-state index >= 15 is 0 Å². The molecule has 5 nitrogen and oxygen atoms in total. The van der Waals surface area contributed by atoms with Crippen LogP contribution in [0.2, 0.25) is 0 Å². The molecular weight excluding hydrogens is 292 g/mol. The third-order valence-electron chi connectivity index (χ3n) is 3.70. The van der Waals surface area contributed by atoms with Crippen molar-refractivity contribution in [3.8, 4) is 0 Å². The van der Waals surface area contributed by atoms with Crippen LogP contribution in [0.1, 0.15) is 24.8 Å². The van der Waals surface area contributed by atoms with Crippen molar-refractivity contribution in [2.24, 2.45) is 0 Å². The van der Waals surface area contributed by atoms with Crippen LogP contribution in [-0.4, -0.2) is 37.5 Å². The summed E-state index contributed by atoms with van der Waals surface area (Å²) < 4.78 is 26.5. The Bertz CT molecular complexity index is 566. The van der Waals surface area contributed by atoms with E-state index in [0.29, 0.717) is 18.5 Å². The predicted molar refractivity (Wildman–Crippen MR) is 77.2 cm³/mol. The Morgan fingerprint density at radius 1 is 1.32 bits per heavy atom. The van der Waals surface area contributed by atoms with Crippen LogP contribution in [0, 0.1) is 11.6 Å². The summed E-state index contributed by atoms with van der Waals surface area (Å²) in [6.07, 6.45) is 0.705. The normalized spacial score (nSPS) is 21.2. The van der Waals surface area contributed by atoms with E-state index in [0.717, 1.165) is 12.6 Å². The molecule has 0 bridgehead atoms. The number of piperidine rings is 1. The number of benzene rings is 1. The van der Waals surface area contributed by atoms with Crippen molar-refractivity contribution in [2.75, 3.05) is 19.6 Å². The molecule has 7 heteroatoms. The maximum atomic E-state index is 13.4. The Balaban J connectivity index is 2.06. The highest BCUT2D eigenvalue weighted by atomic mass is 19.2. The van der Waals surface area contributed by atoms with E-state index in [-0.39, 0.29) is 30.3 Å². The lowest BCUT2D eigenvalue weighted by Gasteiger charge is -2.33. The van der Waals surface area contributed by atoms with E-state index in [2.05, 4.69) is 16.0 Å². The van der Waals surface area contributed by atoms with Gasteiger partial charge in [-0.05, 0) is 30.7 Å². The molecule has 1 saturated heterocycles. The SMILES string of the molecule is CC(=O)NCC(=O)NC1CNCCC1c1ccc(F)c(F)c1. The summed E-state index contributed by atoms with van der Waals surface area (Å²) in [5.74, 6) is -2.47. The van der Waals surface area contributed by atoms with Crippen molar-refractivity contribution in [3.05, 3.63) is 35.4 Å². The minimum Gasteiger partial charge on any atom is -0.350 e. The summed E-state index contributed by atoms with van der Waals surface area (Å²) in [6, 6.07) is 3.59. The van der Waals surface area contributed by atoms with Crippen LogP contribution in [0.3, 0.4) is 0 Å². The van der Waals surface area contributed by atoms with Gasteiger partial charge in [-0.25, -0.2) is 8.78 Å². The van der Waals surface area contributed by atoms with E-state index in [9.17, 15) is 18.4 Å². The molecule has 22 heavy (non-hydrogen) atoms. The van der Waals surface area contributed by atoms with Gasteiger partial charge in [-0.3, -0.25) is 9.59 Å². The van der Waals surface area contributed by atoms with Crippen LogP contribution < -0.4 is 16.0 Å². The Kier molecular flexibility index (Phi) is 5.43. The minimum absolute atomic E-state index is 0.0994. The zero-order chi connectivity index (χ0) is 16.1. The fourth-order valence-electron chi connectivity index (χ4n) is 2.61. The first-order valence-electron chi connectivity index (χ1n) is 7.17. The van der Waals surface area contributed by atoms with Gasteiger partial charge in [0, 0.05) is 25.4 Å². The number of hydrogen-bond donors (Lipinski definition) is 3. The highest BCUT2D eigenvalue weighted by molar-refractivity contribution is 5.83. The van der Waals surface area contributed by atoms with Gasteiger partial charge in [-0.15, -0.1) is 0 Å². The number of carbonyl (C=O) groups is 2. The van der Waals surface area contributed by atoms with Gasteiger partial charge in [0.25, 0.3) is 0 Å². The van der Waals surface area contributed by atoms with Crippen molar-refractivity contribution in [1.82, 2.24) is 16.0 Å². The molecule has 1 aliphatic rings. The van der Waals surface area contributed by atoms with Gasteiger partial charge < -0.3 is 16.0 Å². The molecule has 1 aromatic rings. The van der Waals surface area contributed by atoms with Crippen LogP contribution in [-0.2, 0) is 9.59 Å². The van der Waals surface area contributed by atoms with Crippen molar-refractivity contribution in [1.29, 1.82) is 0 Å². The highest BCUT2D eigenvalue weighted by Crippen LogP contribution is 2.26. The van der Waals surface area contributed by atoms with Gasteiger partial charge in [0.1, 0.15) is 0 Å². The lowest BCUT2D eigenvalue weighted by atomic mass is 9.86. The highest BCUT2D eigenvalue weighted by Gasteiger charge is 2.28. The third kappa shape index (κ3) is 4.24. The summed E-state index contributed by atoms with van der Waals surface area (Å²) in [4.78, 5) is 22.6. The number of nitrogens with one attached hydrogen (secondary N) is 3. The van der Waals surface area contributed by atoms with E-state index < -0.39 is 11.6 Å². The molecule has 0 radical (unpaired) electrons. The molecule has 0 aromatic heterocycles. The van der Waals surface area contributed by atoms with Gasteiger partial charge in [-0.2, -0.15) is 0 Å². The Hall–Kier alpha value is -2.02. The van der Waals surface area contributed by atoms with Crippen LogP contribution in [0.4, 0.5) is 8.78 Å². The lowest BCUT2D eigenvalue weighted by molar-refractivity contribution is -0.125. The van der Waals surface area contributed by atoms with E-state index in [4.69, 9.17) is 0 Å². The van der Waals surface area contributed by atoms with Gasteiger partial charge in [0.05, 0.1) is 6.54 Å². The second-order valence-corrected chi connectivity index (χ2v) is 5.36. The number of rotatable bonds is 4. The van der Waals surface area contributed by atoms with E-state index in [1.54, 1.807) is 6.07 Å². The fourth-order valence-corrected chi connectivity index (χ4v) is 2.61. The van der Waals surface area contributed by atoms with Gasteiger partial charge in [0.2, 0.25) is 11.8 Å².